The van der Waals surface area contributed by atoms with Crippen LogP contribution in [-0.4, -0.2) is 61.5 Å². The molecule has 1 spiro atoms. The van der Waals surface area contributed by atoms with Crippen molar-refractivity contribution in [3.8, 4) is 0 Å². The summed E-state index contributed by atoms with van der Waals surface area (Å²) < 4.78 is 5.16. The Morgan fingerprint density at radius 3 is 2.74 bits per heavy atom. The van der Waals surface area contributed by atoms with Crippen molar-refractivity contribution >= 4 is 11.8 Å². The number of nitrogens with zero attached hydrogens (tertiary/aromatic N) is 2. The van der Waals surface area contributed by atoms with Crippen LogP contribution in [0.4, 0.5) is 0 Å². The first kappa shape index (κ1) is 18.5. The molecule has 1 aliphatic carbocycles. The molecule has 1 aromatic rings. The van der Waals surface area contributed by atoms with Gasteiger partial charge in [0.2, 0.25) is 11.8 Å². The highest BCUT2D eigenvalue weighted by Gasteiger charge is 2.42. The molecule has 2 heterocycles. The lowest BCUT2D eigenvalue weighted by Gasteiger charge is -2.47. The summed E-state index contributed by atoms with van der Waals surface area (Å²) in [5, 5.41) is 0. The molecule has 4 rings (SSSR count). The first-order valence-electron chi connectivity index (χ1n) is 10.3. The summed E-state index contributed by atoms with van der Waals surface area (Å²) >= 11 is 0. The van der Waals surface area contributed by atoms with Gasteiger partial charge in [-0.1, -0.05) is 24.3 Å². The fourth-order valence-corrected chi connectivity index (χ4v) is 5.15. The molecule has 2 saturated heterocycles. The van der Waals surface area contributed by atoms with Gasteiger partial charge < -0.3 is 14.5 Å². The zero-order chi connectivity index (χ0) is 18.9. The number of ether oxygens (including phenoxy) is 1. The second kappa shape index (κ2) is 7.63. The molecular weight excluding hydrogens is 340 g/mol. The number of hydrogen-bond donors (Lipinski definition) is 0. The number of fused-ring (bicyclic) bond motifs is 1. The highest BCUT2D eigenvalue weighted by Crippen LogP contribution is 2.42. The van der Waals surface area contributed by atoms with Crippen LogP contribution in [0.25, 0.3) is 0 Å². The summed E-state index contributed by atoms with van der Waals surface area (Å²) in [5.74, 6) is 0.595. The second-order valence-electron chi connectivity index (χ2n) is 8.42. The van der Waals surface area contributed by atoms with Crippen molar-refractivity contribution in [2.75, 3.05) is 39.9 Å². The van der Waals surface area contributed by atoms with Crippen molar-refractivity contribution in [3.63, 3.8) is 0 Å². The van der Waals surface area contributed by atoms with Gasteiger partial charge in [0.1, 0.15) is 0 Å². The molecule has 0 radical (unpaired) electrons. The molecule has 0 bridgehead atoms. The summed E-state index contributed by atoms with van der Waals surface area (Å²) in [6, 6.07) is 8.39. The van der Waals surface area contributed by atoms with Crippen molar-refractivity contribution in [1.82, 2.24) is 9.80 Å². The van der Waals surface area contributed by atoms with Gasteiger partial charge in [-0.05, 0) is 48.6 Å². The summed E-state index contributed by atoms with van der Waals surface area (Å²) in [6.07, 6.45) is 5.56. The van der Waals surface area contributed by atoms with Gasteiger partial charge in [0.05, 0.1) is 12.5 Å². The fraction of sp³-hybridized carbons (Fsp3) is 0.636. The maximum Gasteiger partial charge on any atom is 0.230 e. The van der Waals surface area contributed by atoms with Crippen LogP contribution in [-0.2, 0) is 20.7 Å². The zero-order valence-corrected chi connectivity index (χ0v) is 16.3. The summed E-state index contributed by atoms with van der Waals surface area (Å²) in [7, 11) is 1.68. The number of carbonyl (C=O) groups excluding carboxylic acids is 2. The molecule has 0 saturated carbocycles. The van der Waals surface area contributed by atoms with E-state index < -0.39 is 0 Å². The number of hydrogen-bond acceptors (Lipinski definition) is 3. The SMILES string of the molecule is COCCN1CC2(CCC1=O)CCN(C(=O)[C@@H]1CCc3ccccc31)CC2. The Morgan fingerprint density at radius 2 is 1.96 bits per heavy atom. The minimum Gasteiger partial charge on any atom is -0.383 e. The molecule has 0 unspecified atom stereocenters. The van der Waals surface area contributed by atoms with E-state index in [0.717, 1.165) is 51.7 Å². The monoisotopic (exact) mass is 370 g/mol. The van der Waals surface area contributed by atoms with Gasteiger partial charge in [0, 0.05) is 39.7 Å². The van der Waals surface area contributed by atoms with Crippen LogP contribution in [0.15, 0.2) is 24.3 Å². The van der Waals surface area contributed by atoms with Crippen molar-refractivity contribution < 1.29 is 14.3 Å². The topological polar surface area (TPSA) is 49.9 Å². The van der Waals surface area contributed by atoms with E-state index in [1.807, 2.05) is 11.0 Å². The maximum absolute atomic E-state index is 13.1. The first-order valence-corrected chi connectivity index (χ1v) is 10.3. The molecule has 2 fully saturated rings. The van der Waals surface area contributed by atoms with Crippen LogP contribution in [0.2, 0.25) is 0 Å². The molecule has 1 aromatic carbocycles. The Hall–Kier alpha value is -1.88. The van der Waals surface area contributed by atoms with E-state index in [1.54, 1.807) is 7.11 Å². The van der Waals surface area contributed by atoms with Gasteiger partial charge in [-0.3, -0.25) is 9.59 Å². The number of methoxy groups -OCH3 is 1. The van der Waals surface area contributed by atoms with Gasteiger partial charge in [-0.2, -0.15) is 0 Å². The molecular formula is C22H30N2O3. The summed E-state index contributed by atoms with van der Waals surface area (Å²) in [6.45, 7) is 3.74. The van der Waals surface area contributed by atoms with E-state index in [4.69, 9.17) is 4.74 Å². The largest absolute Gasteiger partial charge is 0.383 e. The number of piperidine rings is 2. The van der Waals surface area contributed by atoms with E-state index in [1.165, 1.54) is 11.1 Å². The lowest BCUT2D eigenvalue weighted by molar-refractivity contribution is -0.143. The average Bonchev–Trinajstić information content (AvgIpc) is 3.13. The van der Waals surface area contributed by atoms with Crippen molar-refractivity contribution in [3.05, 3.63) is 35.4 Å². The lowest BCUT2D eigenvalue weighted by Crippen LogP contribution is -2.53. The number of likely N-dealkylation sites (tertiary alicyclic amines) is 2. The van der Waals surface area contributed by atoms with Crippen molar-refractivity contribution in [1.29, 1.82) is 0 Å². The molecule has 5 heteroatoms. The van der Waals surface area contributed by atoms with Crippen LogP contribution in [0.1, 0.15) is 49.1 Å². The number of amides is 2. The molecule has 0 aromatic heterocycles. The van der Waals surface area contributed by atoms with E-state index in [2.05, 4.69) is 23.1 Å². The third-order valence-corrected chi connectivity index (χ3v) is 6.88. The van der Waals surface area contributed by atoms with Gasteiger partial charge in [-0.25, -0.2) is 0 Å². The Morgan fingerprint density at radius 1 is 1.19 bits per heavy atom. The third-order valence-electron chi connectivity index (χ3n) is 6.88. The standard InChI is InChI=1S/C22H30N2O3/c1-27-15-14-24-16-22(9-8-20(24)25)10-12-23(13-11-22)21(26)19-7-6-17-4-2-3-5-18(17)19/h2-5,19H,6-16H2,1H3/t19-/m1/s1. The molecule has 27 heavy (non-hydrogen) atoms. The fourth-order valence-electron chi connectivity index (χ4n) is 5.15. The minimum absolute atomic E-state index is 0.0429. The Kier molecular flexibility index (Phi) is 5.22. The average molecular weight is 370 g/mol. The molecule has 0 N–H and O–H groups in total. The van der Waals surface area contributed by atoms with Gasteiger partial charge in [-0.15, -0.1) is 0 Å². The molecule has 5 nitrogen and oxygen atoms in total. The molecule has 2 amide bonds. The Bertz CT molecular complexity index is 709. The highest BCUT2D eigenvalue weighted by molar-refractivity contribution is 5.85. The predicted octanol–water partition coefficient (Wildman–Crippen LogP) is 2.59. The predicted molar refractivity (Wildman–Crippen MR) is 103 cm³/mol. The number of aryl methyl sites for hydroxylation is 1. The maximum atomic E-state index is 13.1. The lowest BCUT2D eigenvalue weighted by atomic mass is 9.72. The number of benzene rings is 1. The van der Waals surface area contributed by atoms with E-state index in [-0.39, 0.29) is 17.2 Å². The minimum atomic E-state index is 0.0429. The van der Waals surface area contributed by atoms with E-state index in [9.17, 15) is 9.59 Å². The van der Waals surface area contributed by atoms with Crippen LogP contribution in [0.5, 0.6) is 0 Å². The zero-order valence-electron chi connectivity index (χ0n) is 16.3. The van der Waals surface area contributed by atoms with E-state index in [0.29, 0.717) is 25.5 Å². The molecule has 1 atom stereocenters. The van der Waals surface area contributed by atoms with Gasteiger partial charge >= 0.3 is 0 Å². The summed E-state index contributed by atoms with van der Waals surface area (Å²) in [4.78, 5) is 29.4. The van der Waals surface area contributed by atoms with Crippen molar-refractivity contribution in [2.24, 2.45) is 5.41 Å². The quantitative estimate of drug-likeness (QED) is 0.819. The van der Waals surface area contributed by atoms with Gasteiger partial charge in [0.25, 0.3) is 0 Å². The molecule has 146 valence electrons. The highest BCUT2D eigenvalue weighted by atomic mass is 16.5. The Balaban J connectivity index is 1.37. The van der Waals surface area contributed by atoms with Crippen molar-refractivity contribution in [2.45, 2.75) is 44.4 Å². The first-order chi connectivity index (χ1) is 13.1. The molecule has 3 aliphatic rings. The Labute approximate surface area is 161 Å². The third kappa shape index (κ3) is 3.62. The summed E-state index contributed by atoms with van der Waals surface area (Å²) in [5.41, 5.74) is 2.76. The van der Waals surface area contributed by atoms with Crippen LogP contribution < -0.4 is 0 Å². The van der Waals surface area contributed by atoms with Crippen LogP contribution in [0, 0.1) is 5.41 Å². The molecule has 2 aliphatic heterocycles. The van der Waals surface area contributed by atoms with E-state index >= 15 is 0 Å². The number of carbonyl (C=O) groups is 2. The smallest absolute Gasteiger partial charge is 0.230 e. The van der Waals surface area contributed by atoms with Crippen LogP contribution >= 0.6 is 0 Å². The van der Waals surface area contributed by atoms with Crippen LogP contribution in [0.3, 0.4) is 0 Å². The number of rotatable bonds is 4. The normalized spacial score (nSPS) is 24.3. The van der Waals surface area contributed by atoms with Gasteiger partial charge in [0.15, 0.2) is 0 Å². The second-order valence-corrected chi connectivity index (χ2v) is 8.42.